The Morgan fingerprint density at radius 2 is 2.00 bits per heavy atom. The molecule has 1 aliphatic heterocycles. The maximum absolute atomic E-state index is 5.63. The molecule has 7 heteroatoms. The molecule has 1 aliphatic rings. The molecule has 0 aliphatic carbocycles. The molecule has 2 heterocycles. The lowest BCUT2D eigenvalue weighted by Crippen LogP contribution is -2.42. The maximum Gasteiger partial charge on any atom is 0.191 e. The van der Waals surface area contributed by atoms with Crippen LogP contribution in [0.3, 0.4) is 0 Å². The Hall–Kier alpha value is -2.51. The highest BCUT2D eigenvalue weighted by Crippen LogP contribution is 2.28. The largest absolute Gasteiger partial charge is 0.497 e. The van der Waals surface area contributed by atoms with E-state index in [4.69, 9.17) is 14.1 Å². The molecule has 2 unspecified atom stereocenters. The van der Waals surface area contributed by atoms with Crippen molar-refractivity contribution in [3.8, 4) is 5.75 Å². The Morgan fingerprint density at radius 3 is 2.65 bits per heavy atom. The third kappa shape index (κ3) is 6.48. The van der Waals surface area contributed by atoms with Gasteiger partial charge in [-0.2, -0.15) is 0 Å². The van der Waals surface area contributed by atoms with E-state index in [1.165, 1.54) is 18.4 Å². The molecule has 0 saturated carbocycles. The SMILES string of the molecule is CCNC(=NCC(c1cccc(OC)c1)N1CCCC1)NCC(c1ccco1)N(C)C. The molecular formula is C24H37N5O2. The zero-order valence-corrected chi connectivity index (χ0v) is 19.3. The minimum Gasteiger partial charge on any atom is -0.497 e. The van der Waals surface area contributed by atoms with Gasteiger partial charge in [0.25, 0.3) is 0 Å². The highest BCUT2D eigenvalue weighted by Gasteiger charge is 2.24. The predicted octanol–water partition coefficient (Wildman–Crippen LogP) is 3.28. The summed E-state index contributed by atoms with van der Waals surface area (Å²) < 4.78 is 11.1. The van der Waals surface area contributed by atoms with Crippen LogP contribution in [0.15, 0.2) is 52.1 Å². The van der Waals surface area contributed by atoms with Gasteiger partial charge in [0.2, 0.25) is 0 Å². The normalized spacial score (nSPS) is 17.0. The van der Waals surface area contributed by atoms with E-state index in [0.29, 0.717) is 13.1 Å². The molecule has 0 bridgehead atoms. The summed E-state index contributed by atoms with van der Waals surface area (Å²) in [6.45, 7) is 6.53. The number of methoxy groups -OCH3 is 1. The van der Waals surface area contributed by atoms with Crippen molar-refractivity contribution in [2.24, 2.45) is 4.99 Å². The number of furan rings is 1. The van der Waals surface area contributed by atoms with Gasteiger partial charge in [0, 0.05) is 13.1 Å². The van der Waals surface area contributed by atoms with E-state index in [1.807, 2.05) is 18.2 Å². The molecule has 0 spiro atoms. The van der Waals surface area contributed by atoms with Gasteiger partial charge in [-0.3, -0.25) is 14.8 Å². The number of guanidine groups is 1. The Bertz CT molecular complexity index is 800. The lowest BCUT2D eigenvalue weighted by molar-refractivity contribution is 0.250. The van der Waals surface area contributed by atoms with Crippen LogP contribution in [0.1, 0.15) is 43.2 Å². The molecule has 2 aromatic rings. The Balaban J connectivity index is 1.73. The third-order valence-corrected chi connectivity index (χ3v) is 5.78. The molecule has 7 nitrogen and oxygen atoms in total. The molecular weight excluding hydrogens is 390 g/mol. The van der Waals surface area contributed by atoms with Gasteiger partial charge in [-0.1, -0.05) is 12.1 Å². The summed E-state index contributed by atoms with van der Waals surface area (Å²) in [7, 11) is 5.84. The van der Waals surface area contributed by atoms with Gasteiger partial charge in [0.1, 0.15) is 11.5 Å². The quantitative estimate of drug-likeness (QED) is 0.448. The Kier molecular flexibility index (Phi) is 8.79. The van der Waals surface area contributed by atoms with Gasteiger partial charge >= 0.3 is 0 Å². The first kappa shape index (κ1) is 23.2. The molecule has 31 heavy (non-hydrogen) atoms. The maximum atomic E-state index is 5.63. The minimum atomic E-state index is 0.131. The molecule has 1 fully saturated rings. The number of nitrogens with one attached hydrogen (secondary N) is 2. The van der Waals surface area contributed by atoms with Crippen molar-refractivity contribution < 1.29 is 9.15 Å². The number of likely N-dealkylation sites (N-methyl/N-ethyl adjacent to an activating group) is 1. The smallest absolute Gasteiger partial charge is 0.191 e. The summed E-state index contributed by atoms with van der Waals surface area (Å²) in [6, 6.07) is 12.7. The van der Waals surface area contributed by atoms with Gasteiger partial charge in [-0.05, 0) is 76.8 Å². The fourth-order valence-corrected chi connectivity index (χ4v) is 4.07. The van der Waals surface area contributed by atoms with Crippen molar-refractivity contribution in [1.29, 1.82) is 0 Å². The monoisotopic (exact) mass is 427 g/mol. The summed E-state index contributed by atoms with van der Waals surface area (Å²) in [4.78, 5) is 9.65. The number of benzene rings is 1. The van der Waals surface area contributed by atoms with E-state index in [1.54, 1.807) is 13.4 Å². The minimum absolute atomic E-state index is 0.131. The molecule has 2 N–H and O–H groups in total. The topological polar surface area (TPSA) is 65.3 Å². The van der Waals surface area contributed by atoms with Crippen molar-refractivity contribution in [2.45, 2.75) is 31.8 Å². The van der Waals surface area contributed by atoms with E-state index < -0.39 is 0 Å². The standard InChI is InChI=1S/C24H37N5O2/c1-5-25-24(27-18-22(28(2)3)23-12-9-15-31-23)26-17-21(29-13-6-7-14-29)19-10-8-11-20(16-19)30-4/h8-12,15-16,21-22H,5-7,13-14,17-18H2,1-4H3,(H2,25,26,27). The van der Waals surface area contributed by atoms with Crippen LogP contribution in [0.5, 0.6) is 5.75 Å². The molecule has 0 radical (unpaired) electrons. The highest BCUT2D eigenvalue weighted by molar-refractivity contribution is 5.79. The van der Waals surface area contributed by atoms with Gasteiger partial charge in [0.15, 0.2) is 5.96 Å². The van der Waals surface area contributed by atoms with Crippen LogP contribution in [-0.4, -0.2) is 69.7 Å². The van der Waals surface area contributed by atoms with Crippen molar-refractivity contribution >= 4 is 5.96 Å². The second-order valence-electron chi connectivity index (χ2n) is 8.13. The number of aliphatic imine (C=N–C) groups is 1. The molecule has 1 aromatic carbocycles. The van der Waals surface area contributed by atoms with Crippen molar-refractivity contribution in [1.82, 2.24) is 20.4 Å². The van der Waals surface area contributed by atoms with Crippen molar-refractivity contribution in [2.75, 3.05) is 53.9 Å². The molecule has 3 rings (SSSR count). The van der Waals surface area contributed by atoms with E-state index in [-0.39, 0.29) is 12.1 Å². The van der Waals surface area contributed by atoms with Crippen molar-refractivity contribution in [3.05, 3.63) is 54.0 Å². The van der Waals surface area contributed by atoms with Gasteiger partial charge in [-0.15, -0.1) is 0 Å². The van der Waals surface area contributed by atoms with Gasteiger partial charge in [0.05, 0.1) is 32.0 Å². The first-order chi connectivity index (χ1) is 15.1. The van der Waals surface area contributed by atoms with E-state index in [2.05, 4.69) is 59.7 Å². The fraction of sp³-hybridized carbons (Fsp3) is 0.542. The zero-order valence-electron chi connectivity index (χ0n) is 19.3. The van der Waals surface area contributed by atoms with Gasteiger partial charge in [-0.25, -0.2) is 0 Å². The van der Waals surface area contributed by atoms with E-state index >= 15 is 0 Å². The number of likely N-dealkylation sites (tertiary alicyclic amines) is 1. The van der Waals surface area contributed by atoms with Crippen LogP contribution in [0, 0.1) is 0 Å². The van der Waals surface area contributed by atoms with Gasteiger partial charge < -0.3 is 19.8 Å². The average molecular weight is 428 g/mol. The van der Waals surface area contributed by atoms with Crippen LogP contribution in [0.4, 0.5) is 0 Å². The van der Waals surface area contributed by atoms with E-state index in [9.17, 15) is 0 Å². The lowest BCUT2D eigenvalue weighted by Gasteiger charge is -2.28. The molecule has 2 atom stereocenters. The molecule has 170 valence electrons. The summed E-state index contributed by atoms with van der Waals surface area (Å²) in [5.74, 6) is 2.66. The first-order valence-electron chi connectivity index (χ1n) is 11.2. The number of ether oxygens (including phenoxy) is 1. The average Bonchev–Trinajstić information content (AvgIpc) is 3.49. The second kappa shape index (κ2) is 11.8. The summed E-state index contributed by atoms with van der Waals surface area (Å²) in [5, 5.41) is 6.89. The summed E-state index contributed by atoms with van der Waals surface area (Å²) in [6.07, 6.45) is 4.21. The number of hydrogen-bond donors (Lipinski definition) is 2. The first-order valence-corrected chi connectivity index (χ1v) is 11.2. The number of hydrogen-bond acceptors (Lipinski definition) is 5. The molecule has 0 amide bonds. The van der Waals surface area contributed by atoms with Crippen molar-refractivity contribution in [3.63, 3.8) is 0 Å². The molecule has 1 saturated heterocycles. The van der Waals surface area contributed by atoms with E-state index in [0.717, 1.165) is 37.1 Å². The van der Waals surface area contributed by atoms with Crippen LogP contribution in [0.25, 0.3) is 0 Å². The molecule has 1 aromatic heterocycles. The summed E-state index contributed by atoms with van der Waals surface area (Å²) >= 11 is 0. The second-order valence-corrected chi connectivity index (χ2v) is 8.13. The predicted molar refractivity (Wildman–Crippen MR) is 126 cm³/mol. The Labute approximate surface area is 186 Å². The number of rotatable bonds is 10. The van der Waals surface area contributed by atoms with Crippen LogP contribution in [0.2, 0.25) is 0 Å². The highest BCUT2D eigenvalue weighted by atomic mass is 16.5. The van der Waals surface area contributed by atoms with Crippen LogP contribution < -0.4 is 15.4 Å². The lowest BCUT2D eigenvalue weighted by atomic mass is 10.1. The van der Waals surface area contributed by atoms with Crippen LogP contribution in [-0.2, 0) is 0 Å². The third-order valence-electron chi connectivity index (χ3n) is 5.78. The zero-order chi connectivity index (χ0) is 22.1. The number of nitrogens with zero attached hydrogens (tertiary/aromatic N) is 3. The van der Waals surface area contributed by atoms with Crippen LogP contribution >= 0.6 is 0 Å². The summed E-state index contributed by atoms with van der Waals surface area (Å²) in [5.41, 5.74) is 1.25. The fourth-order valence-electron chi connectivity index (χ4n) is 4.07. The Morgan fingerprint density at radius 1 is 1.19 bits per heavy atom.